The summed E-state index contributed by atoms with van der Waals surface area (Å²) >= 11 is 0. The number of rotatable bonds is 10. The van der Waals surface area contributed by atoms with Crippen LogP contribution in [-0.2, 0) is 19.6 Å². The number of piperazine rings is 1. The van der Waals surface area contributed by atoms with Gasteiger partial charge in [0.2, 0.25) is 0 Å². The molecule has 5 aromatic rings. The molecule has 5 nitrogen and oxygen atoms in total. The second-order valence-electron chi connectivity index (χ2n) is 11.1. The van der Waals surface area contributed by atoms with E-state index < -0.39 is 0 Å². The topological polar surface area (TPSA) is 39.9 Å². The zero-order valence-corrected chi connectivity index (χ0v) is 24.2. The molecule has 1 saturated heterocycles. The summed E-state index contributed by atoms with van der Waals surface area (Å²) in [5, 5.41) is 0. The Hall–Kier alpha value is -4.52. The lowest BCUT2D eigenvalue weighted by Crippen LogP contribution is -2.49. The molecule has 1 aliphatic heterocycles. The Morgan fingerprint density at radius 3 is 1.77 bits per heavy atom. The van der Waals surface area contributed by atoms with Gasteiger partial charge < -0.3 is 9.32 Å². The average Bonchev–Trinajstić information content (AvgIpc) is 3.52. The van der Waals surface area contributed by atoms with Crippen LogP contribution >= 0.6 is 0 Å². The molecule has 0 aliphatic carbocycles. The van der Waals surface area contributed by atoms with Crippen molar-refractivity contribution in [1.82, 2.24) is 14.7 Å². The molecule has 0 N–H and O–H groups in total. The maximum absolute atomic E-state index is 13.5. The normalized spacial score (nSPS) is 14.0. The van der Waals surface area contributed by atoms with E-state index in [1.165, 1.54) is 28.8 Å². The number of halogens is 1. The summed E-state index contributed by atoms with van der Waals surface area (Å²) in [6.07, 6.45) is 0. The van der Waals surface area contributed by atoms with E-state index in [1.807, 2.05) is 53.4 Å². The molecule has 0 bridgehead atoms. The first-order valence-corrected chi connectivity index (χ1v) is 14.8. The predicted octanol–water partition coefficient (Wildman–Crippen LogP) is 7.17. The maximum Gasteiger partial charge on any atom is 0.289 e. The third-order valence-electron chi connectivity index (χ3n) is 8.02. The third-order valence-corrected chi connectivity index (χ3v) is 8.02. The molecule has 0 atom stereocenters. The molecule has 1 aliphatic rings. The van der Waals surface area contributed by atoms with Crippen LogP contribution in [-0.4, -0.2) is 46.8 Å². The number of furan rings is 1. The van der Waals surface area contributed by atoms with Gasteiger partial charge in [0, 0.05) is 39.3 Å². The fraction of sp³-hybridized carbons (Fsp3) is 0.216. The van der Waals surface area contributed by atoms with Crippen LogP contribution in [0.2, 0.25) is 0 Å². The minimum Gasteiger partial charge on any atom is -0.455 e. The summed E-state index contributed by atoms with van der Waals surface area (Å²) in [4.78, 5) is 20.1. The average molecular weight is 574 g/mol. The van der Waals surface area contributed by atoms with E-state index >= 15 is 0 Å². The maximum atomic E-state index is 13.5. The number of amides is 1. The number of carbonyl (C=O) groups excluding carboxylic acids is 1. The van der Waals surface area contributed by atoms with Gasteiger partial charge in [-0.2, -0.15) is 0 Å². The van der Waals surface area contributed by atoms with Crippen LogP contribution in [0, 0.1) is 5.82 Å². The van der Waals surface area contributed by atoms with Gasteiger partial charge in [-0.05, 0) is 46.5 Å². The van der Waals surface area contributed by atoms with Crippen molar-refractivity contribution in [2.45, 2.75) is 25.7 Å². The Labute approximate surface area is 252 Å². The molecule has 0 spiro atoms. The lowest BCUT2D eigenvalue weighted by atomic mass is 9.96. The third kappa shape index (κ3) is 7.28. The summed E-state index contributed by atoms with van der Waals surface area (Å²) in [6.45, 7) is 4.68. The van der Waals surface area contributed by atoms with Crippen LogP contribution in [0.1, 0.15) is 44.6 Å². The summed E-state index contributed by atoms with van der Waals surface area (Å²) in [7, 11) is 0. The monoisotopic (exact) mass is 573 g/mol. The summed E-state index contributed by atoms with van der Waals surface area (Å²) in [5.74, 6) is 0.778. The van der Waals surface area contributed by atoms with Crippen LogP contribution in [0.5, 0.6) is 0 Å². The van der Waals surface area contributed by atoms with Crippen molar-refractivity contribution in [1.29, 1.82) is 0 Å². The molecule has 43 heavy (non-hydrogen) atoms. The zero-order chi connectivity index (χ0) is 29.4. The van der Waals surface area contributed by atoms with Gasteiger partial charge in [0.1, 0.15) is 11.6 Å². The van der Waals surface area contributed by atoms with E-state index in [0.29, 0.717) is 38.5 Å². The van der Waals surface area contributed by atoms with Gasteiger partial charge in [-0.15, -0.1) is 0 Å². The predicted molar refractivity (Wildman–Crippen MR) is 167 cm³/mol. The first kappa shape index (κ1) is 28.6. The van der Waals surface area contributed by atoms with Crippen molar-refractivity contribution < 1.29 is 13.6 Å². The lowest BCUT2D eigenvalue weighted by Gasteiger charge is -2.39. The summed E-state index contributed by atoms with van der Waals surface area (Å²) < 4.78 is 19.6. The van der Waals surface area contributed by atoms with Crippen molar-refractivity contribution >= 4 is 5.91 Å². The minimum absolute atomic E-state index is 0.0741. The van der Waals surface area contributed by atoms with E-state index in [2.05, 4.69) is 70.5 Å². The molecule has 1 amide bonds. The van der Waals surface area contributed by atoms with Gasteiger partial charge in [-0.3, -0.25) is 14.6 Å². The standard InChI is InChI=1S/C37H36FN3O2/c38-33-18-16-30(17-19-33)27-39(26-29-10-4-1-5-11-29)28-34-20-21-35(43-34)37(42)41-24-22-40(23-25-41)36(31-12-6-2-7-13-31)32-14-8-3-9-15-32/h1-21,36H,22-28H2. The highest BCUT2D eigenvalue weighted by Crippen LogP contribution is 2.30. The number of nitrogens with zero attached hydrogens (tertiary/aromatic N) is 3. The van der Waals surface area contributed by atoms with E-state index in [1.54, 1.807) is 6.07 Å². The van der Waals surface area contributed by atoms with Crippen molar-refractivity contribution in [3.63, 3.8) is 0 Å². The summed E-state index contributed by atoms with van der Waals surface area (Å²) in [6, 6.07) is 41.8. The quantitative estimate of drug-likeness (QED) is 0.178. The molecular formula is C37H36FN3O2. The zero-order valence-electron chi connectivity index (χ0n) is 24.2. The molecular weight excluding hydrogens is 537 g/mol. The molecule has 218 valence electrons. The first-order chi connectivity index (χ1) is 21.1. The number of hydrogen-bond donors (Lipinski definition) is 0. The van der Waals surface area contributed by atoms with E-state index in [4.69, 9.17) is 4.42 Å². The van der Waals surface area contributed by atoms with Crippen LogP contribution in [0.25, 0.3) is 0 Å². The second-order valence-corrected chi connectivity index (χ2v) is 11.1. The fourth-order valence-corrected chi connectivity index (χ4v) is 5.88. The Balaban J connectivity index is 1.11. The highest BCUT2D eigenvalue weighted by molar-refractivity contribution is 5.91. The van der Waals surface area contributed by atoms with Crippen LogP contribution in [0.4, 0.5) is 4.39 Å². The van der Waals surface area contributed by atoms with Gasteiger partial charge in [0.25, 0.3) is 5.91 Å². The van der Waals surface area contributed by atoms with Crippen molar-refractivity contribution in [3.8, 4) is 0 Å². The van der Waals surface area contributed by atoms with Crippen LogP contribution in [0.3, 0.4) is 0 Å². The lowest BCUT2D eigenvalue weighted by molar-refractivity contribution is 0.0564. The van der Waals surface area contributed by atoms with Gasteiger partial charge >= 0.3 is 0 Å². The van der Waals surface area contributed by atoms with E-state index in [0.717, 1.165) is 24.4 Å². The molecule has 1 fully saturated rings. The molecule has 0 unspecified atom stereocenters. The Morgan fingerprint density at radius 2 is 1.19 bits per heavy atom. The molecule has 6 heteroatoms. The molecule has 4 aromatic carbocycles. The van der Waals surface area contributed by atoms with Crippen molar-refractivity contribution in [2.24, 2.45) is 0 Å². The fourth-order valence-electron chi connectivity index (χ4n) is 5.88. The number of hydrogen-bond acceptors (Lipinski definition) is 4. The minimum atomic E-state index is -0.246. The van der Waals surface area contributed by atoms with Gasteiger partial charge in [0.05, 0.1) is 12.6 Å². The van der Waals surface area contributed by atoms with Gasteiger partial charge in [0.15, 0.2) is 5.76 Å². The van der Waals surface area contributed by atoms with E-state index in [9.17, 15) is 9.18 Å². The highest BCUT2D eigenvalue weighted by atomic mass is 19.1. The summed E-state index contributed by atoms with van der Waals surface area (Å²) in [5.41, 5.74) is 4.70. The number of carbonyl (C=O) groups is 1. The highest BCUT2D eigenvalue weighted by Gasteiger charge is 2.29. The molecule has 0 saturated carbocycles. The second kappa shape index (κ2) is 13.6. The molecule has 1 aromatic heterocycles. The van der Waals surface area contributed by atoms with Crippen LogP contribution < -0.4 is 0 Å². The van der Waals surface area contributed by atoms with Gasteiger partial charge in [-0.25, -0.2) is 4.39 Å². The van der Waals surface area contributed by atoms with Crippen molar-refractivity contribution in [3.05, 3.63) is 167 Å². The van der Waals surface area contributed by atoms with Crippen molar-refractivity contribution in [2.75, 3.05) is 26.2 Å². The number of benzene rings is 4. The molecule has 0 radical (unpaired) electrons. The smallest absolute Gasteiger partial charge is 0.289 e. The van der Waals surface area contributed by atoms with Gasteiger partial charge in [-0.1, -0.05) is 103 Å². The Kier molecular flexibility index (Phi) is 9.07. The SMILES string of the molecule is O=C(c1ccc(CN(Cc2ccccc2)Cc2ccc(F)cc2)o1)N1CCN(C(c2ccccc2)c2ccccc2)CC1. The largest absolute Gasteiger partial charge is 0.455 e. The first-order valence-electron chi connectivity index (χ1n) is 14.8. The molecule has 2 heterocycles. The molecule has 6 rings (SSSR count). The Bertz CT molecular complexity index is 1540. The van der Waals surface area contributed by atoms with E-state index in [-0.39, 0.29) is 17.8 Å². The van der Waals surface area contributed by atoms with Crippen LogP contribution in [0.15, 0.2) is 132 Å². The Morgan fingerprint density at radius 1 is 0.651 bits per heavy atom.